The maximum Gasteiger partial charge on any atom is 0.377 e. The third kappa shape index (κ3) is 2.51. The number of piperazine rings is 1. The molecule has 2 rings (SSSR count). The summed E-state index contributed by atoms with van der Waals surface area (Å²) in [7, 11) is 1.55. The van der Waals surface area contributed by atoms with E-state index >= 15 is 0 Å². The van der Waals surface area contributed by atoms with Gasteiger partial charge in [0.2, 0.25) is 11.8 Å². The molecule has 1 aliphatic rings. The number of likely N-dealkylation sites (N-methyl/N-ethyl adjacent to an activating group) is 1. The molecule has 0 aromatic heterocycles. The quantitative estimate of drug-likeness (QED) is 0.607. The lowest BCUT2D eigenvalue weighted by molar-refractivity contribution is -0.136. The number of anilines is 1. The van der Waals surface area contributed by atoms with Gasteiger partial charge in [-0.2, -0.15) is 0 Å². The number of nitrogens with zero attached hydrogens (tertiary/aromatic N) is 2. The van der Waals surface area contributed by atoms with E-state index in [0.29, 0.717) is 5.69 Å². The van der Waals surface area contributed by atoms with Crippen LogP contribution < -0.4 is 4.90 Å². The largest absolute Gasteiger partial charge is 0.475 e. The van der Waals surface area contributed by atoms with Crippen molar-refractivity contribution in [3.05, 3.63) is 29.8 Å². The molecule has 7 heteroatoms. The monoisotopic (exact) mass is 276 g/mol. The van der Waals surface area contributed by atoms with Crippen LogP contribution in [0.15, 0.2) is 24.3 Å². The molecule has 1 aromatic rings. The van der Waals surface area contributed by atoms with Crippen LogP contribution in [0.1, 0.15) is 10.4 Å². The Morgan fingerprint density at radius 2 is 1.65 bits per heavy atom. The maximum atomic E-state index is 11.8. The lowest BCUT2D eigenvalue weighted by Crippen LogP contribution is -2.52. The number of carboxylic acids is 1. The van der Waals surface area contributed by atoms with E-state index in [4.69, 9.17) is 5.11 Å². The summed E-state index contributed by atoms with van der Waals surface area (Å²) < 4.78 is 0. The van der Waals surface area contributed by atoms with Gasteiger partial charge in [0.15, 0.2) is 0 Å². The van der Waals surface area contributed by atoms with Crippen molar-refractivity contribution in [3.8, 4) is 0 Å². The van der Waals surface area contributed by atoms with Crippen molar-refractivity contribution in [1.29, 1.82) is 0 Å². The fourth-order valence-corrected chi connectivity index (χ4v) is 1.87. The average molecular weight is 276 g/mol. The highest BCUT2D eigenvalue weighted by Crippen LogP contribution is 2.18. The summed E-state index contributed by atoms with van der Waals surface area (Å²) in [6.07, 6.45) is 0. The van der Waals surface area contributed by atoms with Gasteiger partial charge in [0, 0.05) is 18.3 Å². The van der Waals surface area contributed by atoms with Crippen molar-refractivity contribution in [3.63, 3.8) is 0 Å². The van der Waals surface area contributed by atoms with Crippen molar-refractivity contribution >= 4 is 29.3 Å². The highest BCUT2D eigenvalue weighted by atomic mass is 16.4. The lowest BCUT2D eigenvalue weighted by atomic mass is 10.1. The van der Waals surface area contributed by atoms with Crippen LogP contribution in [0.25, 0.3) is 0 Å². The molecule has 0 spiro atoms. The van der Waals surface area contributed by atoms with Crippen LogP contribution in [0.5, 0.6) is 0 Å². The number of amides is 2. The van der Waals surface area contributed by atoms with E-state index in [1.165, 1.54) is 34.1 Å². The Balaban J connectivity index is 2.22. The van der Waals surface area contributed by atoms with Crippen LogP contribution in [-0.4, -0.2) is 53.7 Å². The molecule has 0 bridgehead atoms. The smallest absolute Gasteiger partial charge is 0.377 e. The normalized spacial score (nSPS) is 15.4. The standard InChI is InChI=1S/C13H12N2O5/c1-14-6-11(17)15(7-10(14)16)9-4-2-8(3-5-9)12(18)13(19)20/h2-5H,6-7H2,1H3,(H,19,20). The van der Waals surface area contributed by atoms with Gasteiger partial charge in [-0.05, 0) is 24.3 Å². The van der Waals surface area contributed by atoms with E-state index in [-0.39, 0.29) is 30.5 Å². The molecular formula is C13H12N2O5. The van der Waals surface area contributed by atoms with Gasteiger partial charge in [-0.25, -0.2) is 4.79 Å². The maximum absolute atomic E-state index is 11.8. The molecule has 1 aliphatic heterocycles. The Morgan fingerprint density at radius 1 is 1.05 bits per heavy atom. The summed E-state index contributed by atoms with van der Waals surface area (Å²) >= 11 is 0. The zero-order chi connectivity index (χ0) is 14.9. The molecule has 1 saturated heterocycles. The fourth-order valence-electron chi connectivity index (χ4n) is 1.87. The first kappa shape index (κ1) is 13.7. The lowest BCUT2D eigenvalue weighted by Gasteiger charge is -2.31. The number of carbonyl (C=O) groups is 4. The van der Waals surface area contributed by atoms with E-state index < -0.39 is 11.8 Å². The van der Waals surface area contributed by atoms with E-state index in [1.54, 1.807) is 7.05 Å². The van der Waals surface area contributed by atoms with Crippen LogP contribution in [0.3, 0.4) is 0 Å². The third-order valence-corrected chi connectivity index (χ3v) is 3.03. The molecule has 7 nitrogen and oxygen atoms in total. The summed E-state index contributed by atoms with van der Waals surface area (Å²) in [5.74, 6) is -2.97. The Bertz CT molecular complexity index is 593. The van der Waals surface area contributed by atoms with E-state index in [0.717, 1.165) is 0 Å². The molecular weight excluding hydrogens is 264 g/mol. The number of Topliss-reactive ketones (excluding diaryl/α,β-unsaturated/α-hetero) is 1. The molecule has 104 valence electrons. The molecule has 0 atom stereocenters. The first-order valence-electron chi connectivity index (χ1n) is 5.82. The Hall–Kier alpha value is -2.70. The van der Waals surface area contributed by atoms with Gasteiger partial charge in [-0.15, -0.1) is 0 Å². The van der Waals surface area contributed by atoms with Crippen LogP contribution in [0.2, 0.25) is 0 Å². The van der Waals surface area contributed by atoms with Gasteiger partial charge in [0.05, 0.1) is 6.54 Å². The number of hydrogen-bond donors (Lipinski definition) is 1. The summed E-state index contributed by atoms with van der Waals surface area (Å²) in [6, 6.07) is 5.54. The summed E-state index contributed by atoms with van der Waals surface area (Å²) in [5.41, 5.74) is 0.479. The number of hydrogen-bond acceptors (Lipinski definition) is 4. The molecule has 2 amide bonds. The van der Waals surface area contributed by atoms with Crippen LogP contribution in [-0.2, 0) is 14.4 Å². The van der Waals surface area contributed by atoms with Crippen molar-refractivity contribution in [2.45, 2.75) is 0 Å². The summed E-state index contributed by atoms with van der Waals surface area (Å²) in [4.78, 5) is 47.9. The number of aliphatic carboxylic acids is 1. The number of ketones is 1. The minimum atomic E-state index is -1.54. The molecule has 1 heterocycles. The van der Waals surface area contributed by atoms with E-state index in [1.807, 2.05) is 0 Å². The second kappa shape index (κ2) is 5.12. The molecule has 1 aromatic carbocycles. The Morgan fingerprint density at radius 3 is 2.20 bits per heavy atom. The van der Waals surface area contributed by atoms with Gasteiger partial charge in [0.25, 0.3) is 5.78 Å². The molecule has 0 unspecified atom stereocenters. The Labute approximate surface area is 114 Å². The second-order valence-corrected chi connectivity index (χ2v) is 4.41. The minimum Gasteiger partial charge on any atom is -0.475 e. The first-order chi connectivity index (χ1) is 9.40. The Kier molecular flexibility index (Phi) is 3.51. The first-order valence-corrected chi connectivity index (χ1v) is 5.82. The number of rotatable bonds is 3. The third-order valence-electron chi connectivity index (χ3n) is 3.03. The van der Waals surface area contributed by atoms with Crippen molar-refractivity contribution in [2.24, 2.45) is 0 Å². The molecule has 0 aliphatic carbocycles. The molecule has 1 fully saturated rings. The SMILES string of the molecule is CN1CC(=O)N(c2ccc(C(=O)C(=O)O)cc2)CC1=O. The van der Waals surface area contributed by atoms with Gasteiger partial charge in [-0.3, -0.25) is 14.4 Å². The molecule has 0 radical (unpaired) electrons. The van der Waals surface area contributed by atoms with Crippen LogP contribution in [0.4, 0.5) is 5.69 Å². The number of carboxylic acid groups (broad SMARTS) is 1. The van der Waals surface area contributed by atoms with Gasteiger partial charge in [0.1, 0.15) is 6.54 Å². The predicted molar refractivity (Wildman–Crippen MR) is 68.4 cm³/mol. The van der Waals surface area contributed by atoms with Crippen molar-refractivity contribution in [1.82, 2.24) is 4.90 Å². The van der Waals surface area contributed by atoms with Crippen LogP contribution in [0, 0.1) is 0 Å². The zero-order valence-corrected chi connectivity index (χ0v) is 10.7. The van der Waals surface area contributed by atoms with Crippen molar-refractivity contribution < 1.29 is 24.3 Å². The van der Waals surface area contributed by atoms with Crippen molar-refractivity contribution in [2.75, 3.05) is 25.0 Å². The number of carbonyl (C=O) groups excluding carboxylic acids is 3. The topological polar surface area (TPSA) is 95.0 Å². The summed E-state index contributed by atoms with van der Waals surface area (Å²) in [5, 5.41) is 8.60. The van der Waals surface area contributed by atoms with Gasteiger partial charge < -0.3 is 14.9 Å². The summed E-state index contributed by atoms with van der Waals surface area (Å²) in [6.45, 7) is -0.0732. The van der Waals surface area contributed by atoms with Gasteiger partial charge >= 0.3 is 5.97 Å². The molecule has 1 N–H and O–H groups in total. The van der Waals surface area contributed by atoms with E-state index in [9.17, 15) is 19.2 Å². The molecule has 0 saturated carbocycles. The fraction of sp³-hybridized carbons (Fsp3) is 0.231. The highest BCUT2D eigenvalue weighted by Gasteiger charge is 2.28. The van der Waals surface area contributed by atoms with E-state index in [2.05, 4.69) is 0 Å². The van der Waals surface area contributed by atoms with Crippen LogP contribution >= 0.6 is 0 Å². The number of benzene rings is 1. The average Bonchev–Trinajstić information content (AvgIpc) is 2.42. The minimum absolute atomic E-state index is 0.00532. The van der Waals surface area contributed by atoms with Gasteiger partial charge in [-0.1, -0.05) is 0 Å². The second-order valence-electron chi connectivity index (χ2n) is 4.41. The zero-order valence-electron chi connectivity index (χ0n) is 10.7. The highest BCUT2D eigenvalue weighted by molar-refractivity contribution is 6.39. The predicted octanol–water partition coefficient (Wildman–Crippen LogP) is -0.241. The molecule has 20 heavy (non-hydrogen) atoms.